The van der Waals surface area contributed by atoms with Gasteiger partial charge in [0.1, 0.15) is 48.8 Å². The lowest BCUT2D eigenvalue weighted by atomic mass is 9.33. The SMILES string of the molecule is C[C@@H]1CC[C@@]2(C(=O)O[C@H]3O[C@@H](CO[C@@H]4O[C@H](CO)[C@@H](O)[C@@H](O)[C@@H]4O)[C@H](O)[C@@H](O)[C@@H]3O)CC[C@@]3(C)C(=CC[C@@H]4[C@]5(C)CC[C@H](O)[C@@](C)(C(=O)O)[C@@H]5CC[C@@]43C)[C@@H]2[C@]1(C)O. The molecule has 7 aliphatic rings. The van der Waals surface area contributed by atoms with Crippen LogP contribution in [-0.4, -0.2) is 149 Å². The topological polar surface area (TPSA) is 273 Å². The number of ether oxygens (including phenoxy) is 4. The first-order valence-corrected chi connectivity index (χ1v) is 21.1. The lowest BCUT2D eigenvalue weighted by molar-refractivity contribution is -0.329. The van der Waals surface area contributed by atoms with Gasteiger partial charge in [0.05, 0.1) is 35.7 Å². The second kappa shape index (κ2) is 14.9. The molecule has 2 saturated heterocycles. The number of carboxylic acid groups (broad SMARTS) is 1. The van der Waals surface area contributed by atoms with Gasteiger partial charge in [0.2, 0.25) is 6.29 Å². The molecule has 0 aromatic carbocycles. The normalized spacial score (nSPS) is 55.5. The van der Waals surface area contributed by atoms with Crippen LogP contribution < -0.4 is 0 Å². The van der Waals surface area contributed by atoms with Crippen molar-refractivity contribution in [2.24, 2.45) is 50.7 Å². The van der Waals surface area contributed by atoms with Crippen LogP contribution in [0.4, 0.5) is 0 Å². The molecule has 10 N–H and O–H groups in total. The molecule has 0 aromatic rings. The molecule has 4 saturated carbocycles. The quantitative estimate of drug-likeness (QED) is 0.123. The first-order valence-electron chi connectivity index (χ1n) is 21.1. The summed E-state index contributed by atoms with van der Waals surface area (Å²) < 4.78 is 22.8. The number of carbonyl (C=O) groups is 2. The first kappa shape index (κ1) is 44.3. The van der Waals surface area contributed by atoms with Crippen LogP contribution in [0.3, 0.4) is 0 Å². The summed E-state index contributed by atoms with van der Waals surface area (Å²) in [6.45, 7) is 10.8. The average molecular weight is 827 g/mol. The Morgan fingerprint density at radius 2 is 1.38 bits per heavy atom. The van der Waals surface area contributed by atoms with Crippen molar-refractivity contribution >= 4 is 11.9 Å². The zero-order valence-electron chi connectivity index (χ0n) is 34.4. The number of carbonyl (C=O) groups excluding carboxylic acids is 1. The second-order valence-corrected chi connectivity index (χ2v) is 20.1. The summed E-state index contributed by atoms with van der Waals surface area (Å²) >= 11 is 0. The maximum absolute atomic E-state index is 14.9. The van der Waals surface area contributed by atoms with E-state index in [2.05, 4.69) is 26.8 Å². The molecular formula is C42H66O16. The van der Waals surface area contributed by atoms with Gasteiger partial charge in [-0.3, -0.25) is 9.59 Å². The largest absolute Gasteiger partial charge is 0.481 e. The van der Waals surface area contributed by atoms with Crippen molar-refractivity contribution in [1.29, 1.82) is 0 Å². The van der Waals surface area contributed by atoms with E-state index in [9.17, 15) is 60.7 Å². The summed E-state index contributed by atoms with van der Waals surface area (Å²) in [5.74, 6) is -2.77. The number of aliphatic hydroxyl groups excluding tert-OH is 8. The van der Waals surface area contributed by atoms with Crippen molar-refractivity contribution in [1.82, 2.24) is 0 Å². The maximum Gasteiger partial charge on any atom is 0.315 e. The molecule has 0 radical (unpaired) electrons. The van der Waals surface area contributed by atoms with Gasteiger partial charge in [-0.15, -0.1) is 0 Å². The number of hydrogen-bond donors (Lipinski definition) is 10. The number of carboxylic acids is 1. The number of rotatable bonds is 7. The second-order valence-electron chi connectivity index (χ2n) is 20.1. The van der Waals surface area contributed by atoms with E-state index in [0.29, 0.717) is 57.8 Å². The minimum atomic E-state index is -1.87. The van der Waals surface area contributed by atoms with Crippen LogP contribution in [-0.2, 0) is 28.5 Å². The third-order valence-electron chi connectivity index (χ3n) is 17.7. The van der Waals surface area contributed by atoms with Gasteiger partial charge in [-0.1, -0.05) is 39.3 Å². The molecule has 0 bridgehead atoms. The van der Waals surface area contributed by atoms with E-state index in [1.54, 1.807) is 13.8 Å². The molecule has 330 valence electrons. The fourth-order valence-corrected chi connectivity index (χ4v) is 13.6. The van der Waals surface area contributed by atoms with E-state index in [4.69, 9.17) is 18.9 Å². The molecule has 0 unspecified atom stereocenters. The maximum atomic E-state index is 14.9. The van der Waals surface area contributed by atoms with Gasteiger partial charge in [-0.05, 0) is 106 Å². The summed E-state index contributed by atoms with van der Waals surface area (Å²) in [6, 6.07) is 0. The lowest BCUT2D eigenvalue weighted by Gasteiger charge is -2.71. The van der Waals surface area contributed by atoms with Gasteiger partial charge >= 0.3 is 11.9 Å². The molecule has 0 spiro atoms. The molecule has 0 aromatic heterocycles. The Morgan fingerprint density at radius 3 is 2.02 bits per heavy atom. The van der Waals surface area contributed by atoms with E-state index in [-0.39, 0.29) is 28.6 Å². The molecule has 2 aliphatic heterocycles. The van der Waals surface area contributed by atoms with Crippen molar-refractivity contribution in [3.63, 3.8) is 0 Å². The van der Waals surface area contributed by atoms with Crippen molar-refractivity contribution in [3.8, 4) is 0 Å². The number of allylic oxidation sites excluding steroid dienone is 1. The molecule has 16 heteroatoms. The molecule has 16 nitrogen and oxygen atoms in total. The van der Waals surface area contributed by atoms with E-state index in [0.717, 1.165) is 5.57 Å². The lowest BCUT2D eigenvalue weighted by Crippen LogP contribution is -2.69. The zero-order valence-corrected chi connectivity index (χ0v) is 34.4. The highest BCUT2D eigenvalue weighted by Crippen LogP contribution is 2.76. The molecule has 21 atom stereocenters. The summed E-state index contributed by atoms with van der Waals surface area (Å²) in [7, 11) is 0. The summed E-state index contributed by atoms with van der Waals surface area (Å²) in [5.41, 5.74) is -4.16. The van der Waals surface area contributed by atoms with Gasteiger partial charge < -0.3 is 70.0 Å². The Morgan fingerprint density at radius 1 is 0.759 bits per heavy atom. The number of hydrogen-bond acceptors (Lipinski definition) is 15. The van der Waals surface area contributed by atoms with Crippen molar-refractivity contribution < 1.29 is 79.6 Å². The van der Waals surface area contributed by atoms with Gasteiger partial charge in [-0.25, -0.2) is 0 Å². The summed E-state index contributed by atoms with van der Waals surface area (Å²) in [5, 5.41) is 107. The van der Waals surface area contributed by atoms with E-state index >= 15 is 0 Å². The molecular weight excluding hydrogens is 760 g/mol. The smallest absolute Gasteiger partial charge is 0.315 e. The molecule has 6 fully saturated rings. The fraction of sp³-hybridized carbons (Fsp3) is 0.905. The molecule has 7 rings (SSSR count). The summed E-state index contributed by atoms with van der Waals surface area (Å²) in [6.07, 6.45) is -10.6. The third kappa shape index (κ3) is 6.13. The highest BCUT2D eigenvalue weighted by atomic mass is 16.7. The third-order valence-corrected chi connectivity index (χ3v) is 17.7. The van der Waals surface area contributed by atoms with Crippen LogP contribution in [0.2, 0.25) is 0 Å². The van der Waals surface area contributed by atoms with Gasteiger partial charge in [0.25, 0.3) is 0 Å². The molecule has 5 aliphatic carbocycles. The highest BCUT2D eigenvalue weighted by molar-refractivity contribution is 5.79. The molecule has 58 heavy (non-hydrogen) atoms. The van der Waals surface area contributed by atoms with Crippen molar-refractivity contribution in [2.75, 3.05) is 13.2 Å². The van der Waals surface area contributed by atoms with E-state index in [1.165, 1.54) is 0 Å². The van der Waals surface area contributed by atoms with Gasteiger partial charge in [-0.2, -0.15) is 0 Å². The molecule has 2 heterocycles. The standard InChI is InChI=1S/C42H66O16/c1-19-9-14-42(36(53)58-34-31(50)29(48)27(46)22(57-34)18-55-33-30(49)28(47)26(45)21(17-43)56-33)16-15-38(3)20(32(42)41(19,6)54)7-8-23-37(2)12-11-25(44)40(5,35(51)52)24(37)10-13-39(23,38)4/h7,19,21-34,43-50,54H,8-18H2,1-6H3,(H,51,52)/t19-,21-,22+,23-,24-,25+,26-,27+,28-,29-,30+,31+,32-,33-,34-,37+,38+,39+,40+,41-,42-/m1/s1. The Bertz CT molecular complexity index is 1620. The highest BCUT2D eigenvalue weighted by Gasteiger charge is 2.73. The van der Waals surface area contributed by atoms with Crippen LogP contribution in [0.5, 0.6) is 0 Å². The van der Waals surface area contributed by atoms with Crippen molar-refractivity contribution in [2.45, 2.75) is 172 Å². The number of fused-ring (bicyclic) bond motifs is 7. The van der Waals surface area contributed by atoms with Crippen LogP contribution >= 0.6 is 0 Å². The first-order chi connectivity index (χ1) is 27.0. The van der Waals surface area contributed by atoms with Crippen LogP contribution in [0.15, 0.2) is 11.6 Å². The van der Waals surface area contributed by atoms with Gasteiger partial charge in [0, 0.05) is 5.92 Å². The number of esters is 1. The zero-order chi connectivity index (χ0) is 42.7. The minimum Gasteiger partial charge on any atom is -0.481 e. The number of aliphatic carboxylic acids is 1. The average Bonchev–Trinajstić information content (AvgIpc) is 3.17. The van der Waals surface area contributed by atoms with E-state index in [1.807, 2.05) is 6.92 Å². The Hall–Kier alpha value is -1.80. The molecule has 0 amide bonds. The monoisotopic (exact) mass is 826 g/mol. The van der Waals surface area contributed by atoms with E-state index < -0.39 is 120 Å². The Labute approximate surface area is 339 Å². The summed E-state index contributed by atoms with van der Waals surface area (Å²) in [4.78, 5) is 27.7. The fourth-order valence-electron chi connectivity index (χ4n) is 13.6. The minimum absolute atomic E-state index is 0.0740. The Kier molecular flexibility index (Phi) is 11.4. The van der Waals surface area contributed by atoms with Gasteiger partial charge in [0.15, 0.2) is 6.29 Å². The Balaban J connectivity index is 1.16. The van der Waals surface area contributed by atoms with Crippen LogP contribution in [0, 0.1) is 50.7 Å². The van der Waals surface area contributed by atoms with Crippen LogP contribution in [0.25, 0.3) is 0 Å². The number of aliphatic hydroxyl groups is 9. The predicted octanol–water partition coefficient (Wildman–Crippen LogP) is 0.352. The van der Waals surface area contributed by atoms with Crippen LogP contribution in [0.1, 0.15) is 99.3 Å². The van der Waals surface area contributed by atoms with Crippen molar-refractivity contribution in [3.05, 3.63) is 11.6 Å². The predicted molar refractivity (Wildman–Crippen MR) is 201 cm³/mol.